The third-order valence-corrected chi connectivity index (χ3v) is 3.63. The van der Waals surface area contributed by atoms with E-state index in [1.54, 1.807) is 12.5 Å². The SMILES string of the molecule is CCS(=O)CCNc1nccc2occc12. The van der Waals surface area contributed by atoms with Crippen molar-refractivity contribution in [2.75, 3.05) is 23.4 Å². The summed E-state index contributed by atoms with van der Waals surface area (Å²) in [6, 6.07) is 3.70. The molecule has 4 nitrogen and oxygen atoms in total. The smallest absolute Gasteiger partial charge is 0.139 e. The largest absolute Gasteiger partial charge is 0.464 e. The molecule has 2 heterocycles. The zero-order valence-electron chi connectivity index (χ0n) is 9.10. The number of aromatic nitrogens is 1. The Morgan fingerprint density at radius 3 is 3.19 bits per heavy atom. The molecule has 0 saturated carbocycles. The lowest BCUT2D eigenvalue weighted by atomic mass is 10.3. The van der Waals surface area contributed by atoms with Gasteiger partial charge in [-0.3, -0.25) is 4.21 Å². The highest BCUT2D eigenvalue weighted by molar-refractivity contribution is 7.84. The number of pyridine rings is 1. The monoisotopic (exact) mass is 238 g/mol. The molecule has 1 unspecified atom stereocenters. The standard InChI is InChI=1S/C11H14N2O2S/c1-2-16(14)8-6-13-11-9-4-7-15-10(9)3-5-12-11/h3-5,7H,2,6,8H2,1H3,(H,12,13). The third-order valence-electron chi connectivity index (χ3n) is 2.32. The number of fused-ring (bicyclic) bond motifs is 1. The second-order valence-corrected chi connectivity index (χ2v) is 5.22. The van der Waals surface area contributed by atoms with Crippen LogP contribution in [0.15, 0.2) is 29.0 Å². The van der Waals surface area contributed by atoms with E-state index in [1.165, 1.54) is 0 Å². The van der Waals surface area contributed by atoms with Gasteiger partial charge in [-0.05, 0) is 12.1 Å². The van der Waals surface area contributed by atoms with Crippen molar-refractivity contribution in [3.05, 3.63) is 24.6 Å². The second-order valence-electron chi connectivity index (χ2n) is 3.35. The first-order valence-electron chi connectivity index (χ1n) is 5.22. The summed E-state index contributed by atoms with van der Waals surface area (Å²) in [6.07, 6.45) is 3.34. The number of hydrogen-bond acceptors (Lipinski definition) is 4. The van der Waals surface area contributed by atoms with Crippen molar-refractivity contribution in [2.24, 2.45) is 0 Å². The van der Waals surface area contributed by atoms with Crippen LogP contribution in [-0.4, -0.2) is 27.2 Å². The maximum absolute atomic E-state index is 11.2. The lowest BCUT2D eigenvalue weighted by Gasteiger charge is -2.05. The van der Waals surface area contributed by atoms with Gasteiger partial charge in [-0.2, -0.15) is 0 Å². The van der Waals surface area contributed by atoms with E-state index < -0.39 is 10.8 Å². The van der Waals surface area contributed by atoms with E-state index in [0.29, 0.717) is 18.1 Å². The summed E-state index contributed by atoms with van der Waals surface area (Å²) in [5.41, 5.74) is 0.814. The fourth-order valence-electron chi connectivity index (χ4n) is 1.46. The fraction of sp³-hybridized carbons (Fsp3) is 0.364. The van der Waals surface area contributed by atoms with Crippen LogP contribution in [0.3, 0.4) is 0 Å². The van der Waals surface area contributed by atoms with Crippen molar-refractivity contribution in [3.8, 4) is 0 Å². The molecule has 2 aromatic rings. The Bertz CT molecular complexity index is 495. The first-order chi connectivity index (χ1) is 7.81. The van der Waals surface area contributed by atoms with Crippen LogP contribution >= 0.6 is 0 Å². The van der Waals surface area contributed by atoms with E-state index in [9.17, 15) is 4.21 Å². The van der Waals surface area contributed by atoms with E-state index >= 15 is 0 Å². The normalized spacial score (nSPS) is 12.8. The zero-order chi connectivity index (χ0) is 11.4. The minimum absolute atomic E-state index is 0.645. The van der Waals surface area contributed by atoms with Gasteiger partial charge in [0.2, 0.25) is 0 Å². The maximum atomic E-state index is 11.2. The highest BCUT2D eigenvalue weighted by Gasteiger charge is 2.04. The van der Waals surface area contributed by atoms with E-state index in [2.05, 4.69) is 10.3 Å². The minimum atomic E-state index is -0.738. The Balaban J connectivity index is 2.04. The summed E-state index contributed by atoms with van der Waals surface area (Å²) in [5.74, 6) is 2.14. The van der Waals surface area contributed by atoms with Crippen molar-refractivity contribution in [1.82, 2.24) is 4.98 Å². The van der Waals surface area contributed by atoms with Crippen molar-refractivity contribution in [2.45, 2.75) is 6.92 Å². The number of rotatable bonds is 5. The summed E-state index contributed by atoms with van der Waals surface area (Å²) in [6.45, 7) is 2.59. The topological polar surface area (TPSA) is 55.1 Å². The van der Waals surface area contributed by atoms with Gasteiger partial charge in [-0.15, -0.1) is 0 Å². The number of nitrogens with zero attached hydrogens (tertiary/aromatic N) is 1. The molecule has 0 aliphatic heterocycles. The lowest BCUT2D eigenvalue weighted by Crippen LogP contribution is -2.12. The van der Waals surface area contributed by atoms with E-state index in [1.807, 2.05) is 19.1 Å². The summed E-state index contributed by atoms with van der Waals surface area (Å²) < 4.78 is 16.5. The molecule has 0 bridgehead atoms. The van der Waals surface area contributed by atoms with Crippen LogP contribution in [0.4, 0.5) is 5.82 Å². The van der Waals surface area contributed by atoms with Crippen LogP contribution in [0, 0.1) is 0 Å². The maximum Gasteiger partial charge on any atom is 0.139 e. The lowest BCUT2D eigenvalue weighted by molar-refractivity contribution is 0.615. The van der Waals surface area contributed by atoms with Gasteiger partial charge in [0.05, 0.1) is 11.6 Å². The van der Waals surface area contributed by atoms with Crippen molar-refractivity contribution in [3.63, 3.8) is 0 Å². The molecule has 2 aromatic heterocycles. The Morgan fingerprint density at radius 2 is 2.38 bits per heavy atom. The number of hydrogen-bond donors (Lipinski definition) is 1. The van der Waals surface area contributed by atoms with Gasteiger partial charge >= 0.3 is 0 Å². The first kappa shape index (κ1) is 11.1. The molecule has 1 atom stereocenters. The van der Waals surface area contributed by atoms with Crippen LogP contribution in [0.5, 0.6) is 0 Å². The molecule has 0 saturated heterocycles. The molecule has 0 spiro atoms. The van der Waals surface area contributed by atoms with Gasteiger partial charge in [0.15, 0.2) is 0 Å². The molecular formula is C11H14N2O2S. The van der Waals surface area contributed by atoms with Gasteiger partial charge in [0.25, 0.3) is 0 Å². The van der Waals surface area contributed by atoms with Gasteiger partial charge < -0.3 is 9.73 Å². The number of nitrogens with one attached hydrogen (secondary N) is 1. The van der Waals surface area contributed by atoms with Gasteiger partial charge in [-0.25, -0.2) is 4.98 Å². The summed E-state index contributed by atoms with van der Waals surface area (Å²) in [5, 5.41) is 4.14. The van der Waals surface area contributed by atoms with Crippen LogP contribution in [0.2, 0.25) is 0 Å². The fourth-order valence-corrected chi connectivity index (χ4v) is 2.08. The molecule has 5 heteroatoms. The van der Waals surface area contributed by atoms with Crippen LogP contribution in [-0.2, 0) is 10.8 Å². The minimum Gasteiger partial charge on any atom is -0.464 e. The first-order valence-corrected chi connectivity index (χ1v) is 6.71. The van der Waals surface area contributed by atoms with Crippen molar-refractivity contribution in [1.29, 1.82) is 0 Å². The molecule has 16 heavy (non-hydrogen) atoms. The second kappa shape index (κ2) is 5.12. The van der Waals surface area contributed by atoms with Crippen LogP contribution in [0.25, 0.3) is 11.0 Å². The predicted molar refractivity (Wildman–Crippen MR) is 66.0 cm³/mol. The Labute approximate surface area is 96.5 Å². The average Bonchev–Trinajstić information content (AvgIpc) is 2.77. The van der Waals surface area contributed by atoms with E-state index in [0.717, 1.165) is 16.8 Å². The van der Waals surface area contributed by atoms with Gasteiger partial charge in [-0.1, -0.05) is 6.92 Å². The molecule has 0 fully saturated rings. The molecule has 86 valence electrons. The number of anilines is 1. The molecule has 0 aliphatic carbocycles. The highest BCUT2D eigenvalue weighted by Crippen LogP contribution is 2.21. The van der Waals surface area contributed by atoms with Crippen LogP contribution in [0.1, 0.15) is 6.92 Å². The van der Waals surface area contributed by atoms with Crippen LogP contribution < -0.4 is 5.32 Å². The molecule has 1 N–H and O–H groups in total. The molecule has 0 aromatic carbocycles. The number of furan rings is 1. The predicted octanol–water partition coefficient (Wildman–Crippen LogP) is 2.01. The average molecular weight is 238 g/mol. The Hall–Kier alpha value is -1.36. The van der Waals surface area contributed by atoms with Gasteiger partial charge in [0.1, 0.15) is 11.4 Å². The summed E-state index contributed by atoms with van der Waals surface area (Å²) in [4.78, 5) is 4.23. The molecular weight excluding hydrogens is 224 g/mol. The molecule has 0 amide bonds. The highest BCUT2D eigenvalue weighted by atomic mass is 32.2. The Morgan fingerprint density at radius 1 is 1.50 bits per heavy atom. The van der Waals surface area contributed by atoms with Crippen molar-refractivity contribution < 1.29 is 8.63 Å². The zero-order valence-corrected chi connectivity index (χ0v) is 9.92. The molecule has 0 radical (unpaired) electrons. The molecule has 0 aliphatic rings. The summed E-state index contributed by atoms with van der Waals surface area (Å²) in [7, 11) is -0.738. The van der Waals surface area contributed by atoms with Crippen molar-refractivity contribution >= 4 is 27.6 Å². The Kier molecular flexibility index (Phi) is 3.56. The van der Waals surface area contributed by atoms with E-state index in [-0.39, 0.29) is 0 Å². The van der Waals surface area contributed by atoms with Gasteiger partial charge in [0, 0.05) is 35.0 Å². The summed E-state index contributed by atoms with van der Waals surface area (Å²) >= 11 is 0. The molecule has 2 rings (SSSR count). The third kappa shape index (κ3) is 2.41. The van der Waals surface area contributed by atoms with E-state index in [4.69, 9.17) is 4.42 Å². The quantitative estimate of drug-likeness (QED) is 0.865.